The van der Waals surface area contributed by atoms with Crippen LogP contribution in [0, 0.1) is 5.92 Å². The molecule has 1 fully saturated rings. The van der Waals surface area contributed by atoms with Crippen molar-refractivity contribution in [2.24, 2.45) is 11.7 Å². The third-order valence-corrected chi connectivity index (χ3v) is 2.97. The van der Waals surface area contributed by atoms with Crippen LogP contribution in [-0.2, 0) is 0 Å². The lowest BCUT2D eigenvalue weighted by Gasteiger charge is -2.26. The highest BCUT2D eigenvalue weighted by molar-refractivity contribution is 4.87. The first kappa shape index (κ1) is 9.96. The lowest BCUT2D eigenvalue weighted by atomic mass is 10.1. The first-order chi connectivity index (χ1) is 5.52. The molecule has 0 aromatic carbocycles. The van der Waals surface area contributed by atoms with Crippen LogP contribution in [0.3, 0.4) is 0 Å². The van der Waals surface area contributed by atoms with E-state index in [1.54, 1.807) is 0 Å². The molecule has 1 saturated heterocycles. The van der Waals surface area contributed by atoms with Crippen LogP contribution in [0.15, 0.2) is 0 Å². The van der Waals surface area contributed by atoms with Gasteiger partial charge in [-0.1, -0.05) is 6.92 Å². The molecule has 0 bridgehead atoms. The maximum absolute atomic E-state index is 9.37. The average Bonchev–Trinajstić information content (AvgIpc) is 2.30. The zero-order chi connectivity index (χ0) is 9.30. The normalized spacial score (nSPS) is 36.8. The van der Waals surface area contributed by atoms with Crippen molar-refractivity contribution < 1.29 is 5.11 Å². The summed E-state index contributed by atoms with van der Waals surface area (Å²) >= 11 is 0. The van der Waals surface area contributed by atoms with Crippen molar-refractivity contribution in [3.63, 3.8) is 0 Å². The summed E-state index contributed by atoms with van der Waals surface area (Å²) < 4.78 is 0. The Morgan fingerprint density at radius 3 is 2.33 bits per heavy atom. The predicted molar refractivity (Wildman–Crippen MR) is 49.9 cm³/mol. The zero-order valence-corrected chi connectivity index (χ0v) is 8.20. The fourth-order valence-corrected chi connectivity index (χ4v) is 1.67. The van der Waals surface area contributed by atoms with E-state index in [0.717, 1.165) is 13.1 Å². The number of hydrogen-bond acceptors (Lipinski definition) is 3. The van der Waals surface area contributed by atoms with E-state index in [1.165, 1.54) is 0 Å². The van der Waals surface area contributed by atoms with Crippen LogP contribution in [-0.4, -0.2) is 41.3 Å². The molecule has 4 atom stereocenters. The van der Waals surface area contributed by atoms with Crippen LogP contribution in [0.4, 0.5) is 0 Å². The third kappa shape index (κ3) is 1.97. The lowest BCUT2D eigenvalue weighted by molar-refractivity contribution is 0.0833. The molecule has 3 heteroatoms. The standard InChI is InChI=1S/C9H20N2O/c1-6-4-11(5-9(6)10)7(2)8(3)12/h6-9,12H,4-5,10H2,1-3H3. The minimum Gasteiger partial charge on any atom is -0.392 e. The molecule has 12 heavy (non-hydrogen) atoms. The molecule has 0 amide bonds. The van der Waals surface area contributed by atoms with E-state index in [1.807, 2.05) is 6.92 Å². The van der Waals surface area contributed by atoms with Crippen molar-refractivity contribution >= 4 is 0 Å². The van der Waals surface area contributed by atoms with Crippen LogP contribution in [0.5, 0.6) is 0 Å². The monoisotopic (exact) mass is 172 g/mol. The van der Waals surface area contributed by atoms with Crippen molar-refractivity contribution in [2.75, 3.05) is 13.1 Å². The summed E-state index contributed by atoms with van der Waals surface area (Å²) in [4.78, 5) is 2.26. The van der Waals surface area contributed by atoms with Crippen LogP contribution >= 0.6 is 0 Å². The highest BCUT2D eigenvalue weighted by atomic mass is 16.3. The molecule has 1 rings (SSSR count). The number of likely N-dealkylation sites (tertiary alicyclic amines) is 1. The van der Waals surface area contributed by atoms with Gasteiger partial charge in [-0.15, -0.1) is 0 Å². The zero-order valence-electron chi connectivity index (χ0n) is 8.20. The number of hydrogen-bond donors (Lipinski definition) is 2. The molecule has 1 aliphatic heterocycles. The summed E-state index contributed by atoms with van der Waals surface area (Å²) in [6.07, 6.45) is -0.262. The molecular formula is C9H20N2O. The Balaban J connectivity index is 2.45. The number of nitrogens with two attached hydrogens (primary N) is 1. The van der Waals surface area contributed by atoms with E-state index in [4.69, 9.17) is 5.73 Å². The van der Waals surface area contributed by atoms with E-state index in [2.05, 4.69) is 18.7 Å². The van der Waals surface area contributed by atoms with Gasteiger partial charge in [0.2, 0.25) is 0 Å². The Morgan fingerprint density at radius 1 is 1.42 bits per heavy atom. The molecule has 0 spiro atoms. The van der Waals surface area contributed by atoms with Gasteiger partial charge in [0, 0.05) is 25.2 Å². The Morgan fingerprint density at radius 2 is 2.00 bits per heavy atom. The highest BCUT2D eigenvalue weighted by Crippen LogP contribution is 2.18. The van der Waals surface area contributed by atoms with Crippen LogP contribution in [0.1, 0.15) is 20.8 Å². The molecule has 3 nitrogen and oxygen atoms in total. The second kappa shape index (κ2) is 3.73. The number of aliphatic hydroxyl groups excluding tert-OH is 1. The van der Waals surface area contributed by atoms with Crippen molar-refractivity contribution in [1.82, 2.24) is 4.90 Å². The van der Waals surface area contributed by atoms with Crippen LogP contribution < -0.4 is 5.73 Å². The molecule has 0 saturated carbocycles. The molecule has 0 radical (unpaired) electrons. The topological polar surface area (TPSA) is 49.5 Å². The number of rotatable bonds is 2. The van der Waals surface area contributed by atoms with Crippen molar-refractivity contribution in [2.45, 2.75) is 39.0 Å². The minimum atomic E-state index is -0.262. The van der Waals surface area contributed by atoms with E-state index in [9.17, 15) is 5.11 Å². The van der Waals surface area contributed by atoms with Crippen molar-refractivity contribution in [3.8, 4) is 0 Å². The van der Waals surface area contributed by atoms with Gasteiger partial charge in [0.05, 0.1) is 6.10 Å². The summed E-state index contributed by atoms with van der Waals surface area (Å²) in [5, 5.41) is 9.37. The van der Waals surface area contributed by atoms with Gasteiger partial charge >= 0.3 is 0 Å². The van der Waals surface area contributed by atoms with Crippen LogP contribution in [0.2, 0.25) is 0 Å². The molecule has 3 N–H and O–H groups in total. The van der Waals surface area contributed by atoms with Gasteiger partial charge in [-0.2, -0.15) is 0 Å². The minimum absolute atomic E-state index is 0.237. The summed E-state index contributed by atoms with van der Waals surface area (Å²) in [5.41, 5.74) is 5.88. The summed E-state index contributed by atoms with van der Waals surface area (Å²) in [6, 6.07) is 0.521. The first-order valence-electron chi connectivity index (χ1n) is 4.70. The second-order valence-electron chi connectivity index (χ2n) is 4.08. The lowest BCUT2D eigenvalue weighted by Crippen LogP contribution is -2.40. The summed E-state index contributed by atoms with van der Waals surface area (Å²) in [7, 11) is 0. The second-order valence-corrected chi connectivity index (χ2v) is 4.08. The van der Waals surface area contributed by atoms with Crippen LogP contribution in [0.25, 0.3) is 0 Å². The maximum Gasteiger partial charge on any atom is 0.0664 e. The largest absolute Gasteiger partial charge is 0.392 e. The van der Waals surface area contributed by atoms with E-state index in [-0.39, 0.29) is 18.2 Å². The maximum atomic E-state index is 9.37. The van der Waals surface area contributed by atoms with E-state index >= 15 is 0 Å². The molecule has 72 valence electrons. The highest BCUT2D eigenvalue weighted by Gasteiger charge is 2.30. The van der Waals surface area contributed by atoms with Crippen molar-refractivity contribution in [3.05, 3.63) is 0 Å². The number of aliphatic hydroxyl groups is 1. The van der Waals surface area contributed by atoms with Gasteiger partial charge < -0.3 is 10.8 Å². The molecule has 1 aliphatic rings. The summed E-state index contributed by atoms with van der Waals surface area (Å²) in [5.74, 6) is 0.561. The smallest absolute Gasteiger partial charge is 0.0664 e. The Hall–Kier alpha value is -0.120. The molecular weight excluding hydrogens is 152 g/mol. The van der Waals surface area contributed by atoms with Gasteiger partial charge in [0.15, 0.2) is 0 Å². The summed E-state index contributed by atoms with van der Waals surface area (Å²) in [6.45, 7) is 7.99. The SMILES string of the molecule is CC(O)C(C)N1CC(C)C(N)C1. The molecule has 4 unspecified atom stereocenters. The third-order valence-electron chi connectivity index (χ3n) is 2.97. The van der Waals surface area contributed by atoms with Crippen molar-refractivity contribution in [1.29, 1.82) is 0 Å². The quantitative estimate of drug-likeness (QED) is 0.618. The van der Waals surface area contributed by atoms with Gasteiger partial charge in [-0.25, -0.2) is 0 Å². The Kier molecular flexibility index (Phi) is 3.09. The fraction of sp³-hybridized carbons (Fsp3) is 1.00. The number of nitrogens with zero attached hydrogens (tertiary/aromatic N) is 1. The first-order valence-corrected chi connectivity index (χ1v) is 4.70. The van der Waals surface area contributed by atoms with Gasteiger partial charge in [0.25, 0.3) is 0 Å². The van der Waals surface area contributed by atoms with Gasteiger partial charge in [-0.05, 0) is 19.8 Å². The fourth-order valence-electron chi connectivity index (χ4n) is 1.67. The molecule has 0 aliphatic carbocycles. The predicted octanol–water partition coefficient (Wildman–Crippen LogP) is 0.0347. The average molecular weight is 172 g/mol. The molecule has 0 aromatic rings. The Bertz CT molecular complexity index is 139. The molecule has 0 aromatic heterocycles. The Labute approximate surface area is 74.5 Å². The van der Waals surface area contributed by atoms with Gasteiger partial charge in [-0.3, -0.25) is 4.90 Å². The van der Waals surface area contributed by atoms with E-state index in [0.29, 0.717) is 5.92 Å². The van der Waals surface area contributed by atoms with Gasteiger partial charge in [0.1, 0.15) is 0 Å². The molecule has 1 heterocycles. The van der Waals surface area contributed by atoms with E-state index < -0.39 is 0 Å².